The van der Waals surface area contributed by atoms with Crippen LogP contribution in [0.5, 0.6) is 0 Å². The Morgan fingerprint density at radius 3 is 2.96 bits per heavy atom. The molecule has 0 N–H and O–H groups in total. The summed E-state index contributed by atoms with van der Waals surface area (Å²) in [7, 11) is 0. The normalized spacial score (nSPS) is 11.2. The number of nitriles is 1. The molecule has 6 nitrogen and oxygen atoms in total. The molecular formula is C16H11FN6S. The number of pyridine rings is 2. The maximum Gasteiger partial charge on any atom is 0.142 e. The molecule has 0 amide bonds. The Kier molecular flexibility index (Phi) is 3.43. The molecule has 8 heteroatoms. The van der Waals surface area contributed by atoms with E-state index in [0.29, 0.717) is 28.6 Å². The molecule has 4 aromatic rings. The number of hydrogen-bond acceptors (Lipinski definition) is 5. The molecule has 0 bridgehead atoms. The van der Waals surface area contributed by atoms with E-state index in [4.69, 9.17) is 5.26 Å². The Labute approximate surface area is 140 Å². The second-order valence-electron chi connectivity index (χ2n) is 5.18. The van der Waals surface area contributed by atoms with Crippen LogP contribution in [0.1, 0.15) is 5.69 Å². The molecule has 0 aliphatic rings. The van der Waals surface area contributed by atoms with Crippen molar-refractivity contribution in [2.24, 2.45) is 0 Å². The maximum absolute atomic E-state index is 13.6. The minimum absolute atomic E-state index is 0.334. The Bertz CT molecular complexity index is 1110. The van der Waals surface area contributed by atoms with E-state index in [9.17, 15) is 4.39 Å². The zero-order valence-corrected chi connectivity index (χ0v) is 13.5. The van der Waals surface area contributed by atoms with E-state index in [1.54, 1.807) is 40.7 Å². The van der Waals surface area contributed by atoms with Crippen molar-refractivity contribution in [1.29, 1.82) is 5.26 Å². The topological polar surface area (TPSA) is 71.8 Å². The third kappa shape index (κ3) is 2.21. The minimum atomic E-state index is -0.348. The molecule has 0 aromatic carbocycles. The molecule has 24 heavy (non-hydrogen) atoms. The van der Waals surface area contributed by atoms with Crippen LogP contribution in [0.15, 0.2) is 36.8 Å². The Hall–Kier alpha value is -2.92. The first-order chi connectivity index (χ1) is 11.7. The summed E-state index contributed by atoms with van der Waals surface area (Å²) in [5, 5.41) is 14.5. The number of thioether (sulfide) groups is 1. The fourth-order valence-electron chi connectivity index (χ4n) is 2.67. The van der Waals surface area contributed by atoms with Crippen LogP contribution in [0.25, 0.3) is 27.9 Å². The lowest BCUT2D eigenvalue weighted by Gasteiger charge is -1.99. The molecule has 0 saturated carbocycles. The average molecular weight is 338 g/mol. The summed E-state index contributed by atoms with van der Waals surface area (Å²) in [6.45, 7) is 0. The first kappa shape index (κ1) is 14.7. The monoisotopic (exact) mass is 338 g/mol. The van der Waals surface area contributed by atoms with Gasteiger partial charge in [-0.3, -0.25) is 9.08 Å². The number of hydrogen-bond donors (Lipinski definition) is 0. The maximum atomic E-state index is 13.6. The number of halogens is 1. The van der Waals surface area contributed by atoms with Crippen molar-refractivity contribution in [2.75, 3.05) is 6.26 Å². The predicted molar refractivity (Wildman–Crippen MR) is 89.9 cm³/mol. The molecule has 4 rings (SSSR count). The predicted octanol–water partition coefficient (Wildman–Crippen LogP) is 3.08. The zero-order valence-electron chi connectivity index (χ0n) is 12.6. The van der Waals surface area contributed by atoms with Crippen LogP contribution < -0.4 is 0 Å². The standard InChI is InChI=1S/C16H11FN6S/c1-24-9-23-13-4-11(5-18)19-6-12(13)16(21-23)14-7-20-15-3-2-10(17)8-22(14)15/h2-4,6-8H,9H2,1H3. The average Bonchev–Trinajstić information content (AvgIpc) is 3.16. The van der Waals surface area contributed by atoms with Gasteiger partial charge < -0.3 is 0 Å². The first-order valence-corrected chi connectivity index (χ1v) is 8.49. The van der Waals surface area contributed by atoms with E-state index >= 15 is 0 Å². The van der Waals surface area contributed by atoms with Crippen molar-refractivity contribution in [3.63, 3.8) is 0 Å². The molecule has 0 radical (unpaired) electrons. The molecule has 0 saturated heterocycles. The molecular weight excluding hydrogens is 327 g/mol. The van der Waals surface area contributed by atoms with Gasteiger partial charge in [0, 0.05) is 23.8 Å². The summed E-state index contributed by atoms with van der Waals surface area (Å²) in [5.41, 5.74) is 3.13. The SMILES string of the molecule is CSCn1nc(-c2cnc3ccc(F)cn23)c2cnc(C#N)cc21. The molecule has 0 fully saturated rings. The highest BCUT2D eigenvalue weighted by atomic mass is 32.2. The van der Waals surface area contributed by atoms with E-state index in [1.165, 1.54) is 12.3 Å². The van der Waals surface area contributed by atoms with Gasteiger partial charge in [-0.05, 0) is 18.4 Å². The van der Waals surface area contributed by atoms with E-state index < -0.39 is 0 Å². The molecule has 0 unspecified atom stereocenters. The summed E-state index contributed by atoms with van der Waals surface area (Å²) >= 11 is 1.61. The van der Waals surface area contributed by atoms with Crippen LogP contribution in [-0.2, 0) is 5.88 Å². The second-order valence-corrected chi connectivity index (χ2v) is 6.02. The Morgan fingerprint density at radius 2 is 2.17 bits per heavy atom. The molecule has 0 aliphatic carbocycles. The number of imidazole rings is 1. The smallest absolute Gasteiger partial charge is 0.142 e. The van der Waals surface area contributed by atoms with Crippen LogP contribution in [0.2, 0.25) is 0 Å². The second kappa shape index (κ2) is 5.62. The quantitative estimate of drug-likeness (QED) is 0.574. The highest BCUT2D eigenvalue weighted by Gasteiger charge is 2.17. The van der Waals surface area contributed by atoms with Crippen molar-refractivity contribution in [3.05, 3.63) is 48.3 Å². The summed E-state index contributed by atoms with van der Waals surface area (Å²) in [5.74, 6) is 0.288. The summed E-state index contributed by atoms with van der Waals surface area (Å²) in [6, 6.07) is 6.75. The largest absolute Gasteiger partial charge is 0.295 e. The van der Waals surface area contributed by atoms with Crippen molar-refractivity contribution in [3.8, 4) is 17.5 Å². The van der Waals surface area contributed by atoms with Gasteiger partial charge in [0.1, 0.15) is 28.9 Å². The van der Waals surface area contributed by atoms with Gasteiger partial charge in [0.15, 0.2) is 0 Å². The summed E-state index contributed by atoms with van der Waals surface area (Å²) in [4.78, 5) is 8.44. The fourth-order valence-corrected chi connectivity index (χ4v) is 3.11. The third-order valence-electron chi connectivity index (χ3n) is 3.71. The molecule has 4 heterocycles. The summed E-state index contributed by atoms with van der Waals surface area (Å²) in [6.07, 6.45) is 6.65. The summed E-state index contributed by atoms with van der Waals surface area (Å²) < 4.78 is 17.1. The Balaban J connectivity index is 2.02. The number of nitrogens with zero attached hydrogens (tertiary/aromatic N) is 6. The van der Waals surface area contributed by atoms with Crippen LogP contribution in [-0.4, -0.2) is 30.4 Å². The lowest BCUT2D eigenvalue weighted by Crippen LogP contribution is -1.97. The van der Waals surface area contributed by atoms with Crippen LogP contribution in [0, 0.1) is 17.1 Å². The van der Waals surface area contributed by atoms with Crippen LogP contribution in [0.3, 0.4) is 0 Å². The van der Waals surface area contributed by atoms with Crippen molar-refractivity contribution in [1.82, 2.24) is 24.1 Å². The van der Waals surface area contributed by atoms with Gasteiger partial charge in [-0.25, -0.2) is 14.4 Å². The van der Waals surface area contributed by atoms with Crippen molar-refractivity contribution >= 4 is 28.3 Å². The number of fused-ring (bicyclic) bond motifs is 2. The van der Waals surface area contributed by atoms with Crippen LogP contribution in [0.4, 0.5) is 4.39 Å². The third-order valence-corrected chi connectivity index (χ3v) is 4.22. The molecule has 118 valence electrons. The number of rotatable bonds is 3. The van der Waals surface area contributed by atoms with Gasteiger partial charge in [-0.1, -0.05) is 0 Å². The van der Waals surface area contributed by atoms with Gasteiger partial charge in [0.2, 0.25) is 0 Å². The highest BCUT2D eigenvalue weighted by molar-refractivity contribution is 7.97. The van der Waals surface area contributed by atoms with Gasteiger partial charge in [-0.15, -0.1) is 11.8 Å². The fraction of sp³-hybridized carbons (Fsp3) is 0.125. The lowest BCUT2D eigenvalue weighted by molar-refractivity contribution is 0.619. The molecule has 0 atom stereocenters. The first-order valence-electron chi connectivity index (χ1n) is 7.10. The highest BCUT2D eigenvalue weighted by Crippen LogP contribution is 2.29. The zero-order chi connectivity index (χ0) is 16.7. The van der Waals surface area contributed by atoms with Gasteiger partial charge in [0.05, 0.1) is 23.3 Å². The van der Waals surface area contributed by atoms with Crippen LogP contribution >= 0.6 is 11.8 Å². The van der Waals surface area contributed by atoms with Gasteiger partial charge in [0.25, 0.3) is 0 Å². The molecule has 4 aromatic heterocycles. The van der Waals surface area contributed by atoms with Gasteiger partial charge >= 0.3 is 0 Å². The Morgan fingerprint density at radius 1 is 1.29 bits per heavy atom. The lowest BCUT2D eigenvalue weighted by atomic mass is 10.2. The van der Waals surface area contributed by atoms with Crippen molar-refractivity contribution in [2.45, 2.75) is 5.88 Å². The van der Waals surface area contributed by atoms with E-state index in [1.807, 2.05) is 17.0 Å². The minimum Gasteiger partial charge on any atom is -0.295 e. The molecule has 0 aliphatic heterocycles. The van der Waals surface area contributed by atoms with E-state index in [2.05, 4.69) is 15.1 Å². The van der Waals surface area contributed by atoms with Crippen molar-refractivity contribution < 1.29 is 4.39 Å². The molecule has 0 spiro atoms. The van der Waals surface area contributed by atoms with Gasteiger partial charge in [-0.2, -0.15) is 10.4 Å². The van der Waals surface area contributed by atoms with E-state index in [0.717, 1.165) is 10.9 Å². The van der Waals surface area contributed by atoms with E-state index in [-0.39, 0.29) is 5.82 Å². The number of aromatic nitrogens is 5.